The number of hydrogen-bond acceptors (Lipinski definition) is 7. The molecule has 0 bridgehead atoms. The fraction of sp³-hybridized carbons (Fsp3) is 0.115. The van der Waals surface area contributed by atoms with Crippen LogP contribution >= 0.6 is 22.9 Å². The number of carbonyl (C=O) groups excluding carboxylic acids is 1. The van der Waals surface area contributed by atoms with E-state index in [0.717, 1.165) is 16.7 Å². The van der Waals surface area contributed by atoms with Crippen molar-refractivity contribution >= 4 is 46.0 Å². The Bertz CT molecular complexity index is 1480. The van der Waals surface area contributed by atoms with Gasteiger partial charge in [-0.1, -0.05) is 17.7 Å². The molecule has 35 heavy (non-hydrogen) atoms. The van der Waals surface area contributed by atoms with Gasteiger partial charge < -0.3 is 13.9 Å². The Morgan fingerprint density at radius 1 is 1.06 bits per heavy atom. The van der Waals surface area contributed by atoms with Crippen molar-refractivity contribution in [2.75, 3.05) is 19.1 Å². The molecule has 9 heteroatoms. The van der Waals surface area contributed by atoms with Crippen LogP contribution in [0.15, 0.2) is 76.0 Å². The number of thiophene rings is 1. The number of methoxy groups -OCH3 is 2. The average Bonchev–Trinajstić information content (AvgIpc) is 3.57. The van der Waals surface area contributed by atoms with Gasteiger partial charge in [0.25, 0.3) is 5.91 Å². The smallest absolute Gasteiger partial charge is 0.305 e. The molecule has 0 unspecified atom stereocenters. The van der Waals surface area contributed by atoms with Crippen LogP contribution in [0, 0.1) is 0 Å². The predicted octanol–water partition coefficient (Wildman–Crippen LogP) is 6.47. The Morgan fingerprint density at radius 3 is 2.66 bits per heavy atom. The first-order chi connectivity index (χ1) is 17.1. The topological polar surface area (TPSA) is 77.7 Å². The number of fused-ring (bicyclic) bond motifs is 1. The van der Waals surface area contributed by atoms with Crippen molar-refractivity contribution in [1.29, 1.82) is 0 Å². The van der Waals surface area contributed by atoms with E-state index in [9.17, 15) is 4.79 Å². The van der Waals surface area contributed by atoms with Gasteiger partial charge >= 0.3 is 6.01 Å². The number of pyridine rings is 1. The minimum absolute atomic E-state index is 0.139. The van der Waals surface area contributed by atoms with E-state index in [-0.39, 0.29) is 24.2 Å². The number of anilines is 1. The van der Waals surface area contributed by atoms with Crippen LogP contribution in [0.5, 0.6) is 11.5 Å². The zero-order chi connectivity index (χ0) is 24.4. The summed E-state index contributed by atoms with van der Waals surface area (Å²) in [6.07, 6.45) is 1.43. The van der Waals surface area contributed by atoms with Crippen molar-refractivity contribution in [3.8, 4) is 22.6 Å². The standard InChI is InChI=1S/C26H20ClN3O4S/c1-32-20-6-3-17(24(12-20)33-2)14-30(25(31)21-7-5-19(27)13-28-21)26-29-22-11-16(4-8-23(22)34-26)18-9-10-35-15-18/h3-13,15H,14H2,1-2H3. The van der Waals surface area contributed by atoms with Crippen LogP contribution in [0.2, 0.25) is 5.02 Å². The van der Waals surface area contributed by atoms with Crippen LogP contribution in [0.4, 0.5) is 6.01 Å². The summed E-state index contributed by atoms with van der Waals surface area (Å²) in [5.74, 6) is 0.830. The van der Waals surface area contributed by atoms with Crippen LogP contribution in [-0.4, -0.2) is 30.1 Å². The molecule has 2 aromatic carbocycles. The van der Waals surface area contributed by atoms with Gasteiger partial charge in [0.15, 0.2) is 5.58 Å². The lowest BCUT2D eigenvalue weighted by Crippen LogP contribution is -2.31. The molecule has 7 nitrogen and oxygen atoms in total. The number of oxazole rings is 1. The molecule has 3 heterocycles. The van der Waals surface area contributed by atoms with Crippen molar-refractivity contribution < 1.29 is 18.7 Å². The highest BCUT2D eigenvalue weighted by atomic mass is 35.5. The Hall–Kier alpha value is -3.88. The minimum atomic E-state index is -0.385. The number of carbonyl (C=O) groups is 1. The SMILES string of the molecule is COc1ccc(CN(C(=O)c2ccc(Cl)cn2)c2nc3cc(-c4ccsc4)ccc3o2)c(OC)c1. The fourth-order valence-electron chi connectivity index (χ4n) is 3.66. The molecule has 0 spiro atoms. The third-order valence-corrected chi connectivity index (χ3v) is 6.38. The molecule has 0 aliphatic heterocycles. The average molecular weight is 506 g/mol. The Morgan fingerprint density at radius 2 is 1.94 bits per heavy atom. The Kier molecular flexibility index (Phi) is 6.39. The molecule has 5 aromatic rings. The van der Waals surface area contributed by atoms with Crippen molar-refractivity contribution in [1.82, 2.24) is 9.97 Å². The minimum Gasteiger partial charge on any atom is -0.497 e. The first-order valence-electron chi connectivity index (χ1n) is 10.6. The maximum atomic E-state index is 13.6. The first-order valence-corrected chi connectivity index (χ1v) is 12.0. The summed E-state index contributed by atoms with van der Waals surface area (Å²) in [4.78, 5) is 23.9. The van der Waals surface area contributed by atoms with Crippen LogP contribution in [0.3, 0.4) is 0 Å². The van der Waals surface area contributed by atoms with Crippen LogP contribution < -0.4 is 14.4 Å². The van der Waals surface area contributed by atoms with Crippen LogP contribution in [-0.2, 0) is 6.54 Å². The van der Waals surface area contributed by atoms with Gasteiger partial charge in [-0.05, 0) is 64.4 Å². The van der Waals surface area contributed by atoms with Gasteiger partial charge in [-0.25, -0.2) is 4.98 Å². The second-order valence-electron chi connectivity index (χ2n) is 7.62. The van der Waals surface area contributed by atoms with Gasteiger partial charge in [0.05, 0.1) is 25.8 Å². The summed E-state index contributed by atoms with van der Waals surface area (Å²) in [5, 5.41) is 4.53. The molecule has 0 saturated carbocycles. The molecular weight excluding hydrogens is 486 g/mol. The Balaban J connectivity index is 1.57. The maximum Gasteiger partial charge on any atom is 0.305 e. The van der Waals surface area contributed by atoms with Gasteiger partial charge in [0.1, 0.15) is 22.7 Å². The van der Waals surface area contributed by atoms with E-state index in [0.29, 0.717) is 27.6 Å². The lowest BCUT2D eigenvalue weighted by Gasteiger charge is -2.20. The van der Waals surface area contributed by atoms with E-state index in [1.165, 1.54) is 11.1 Å². The van der Waals surface area contributed by atoms with E-state index in [1.807, 2.05) is 35.7 Å². The molecule has 1 amide bonds. The Labute approximate surface area is 210 Å². The normalized spacial score (nSPS) is 10.9. The van der Waals surface area contributed by atoms with Gasteiger partial charge in [0, 0.05) is 17.8 Å². The number of nitrogens with zero attached hydrogens (tertiary/aromatic N) is 3. The molecular formula is C26H20ClN3O4S. The van der Waals surface area contributed by atoms with Gasteiger partial charge in [-0.3, -0.25) is 9.69 Å². The van der Waals surface area contributed by atoms with Gasteiger partial charge in [-0.15, -0.1) is 0 Å². The van der Waals surface area contributed by atoms with Crippen LogP contribution in [0.25, 0.3) is 22.2 Å². The molecule has 176 valence electrons. The molecule has 0 saturated heterocycles. The van der Waals surface area contributed by atoms with E-state index in [2.05, 4.69) is 15.3 Å². The molecule has 3 aromatic heterocycles. The number of benzene rings is 2. The van der Waals surface area contributed by atoms with E-state index in [1.54, 1.807) is 49.8 Å². The first kappa shape index (κ1) is 22.9. The number of ether oxygens (including phenoxy) is 2. The van der Waals surface area contributed by atoms with E-state index >= 15 is 0 Å². The van der Waals surface area contributed by atoms with E-state index < -0.39 is 0 Å². The van der Waals surface area contributed by atoms with Gasteiger partial charge in [-0.2, -0.15) is 16.3 Å². The zero-order valence-electron chi connectivity index (χ0n) is 18.9. The molecule has 0 atom stereocenters. The summed E-state index contributed by atoms with van der Waals surface area (Å²) in [6, 6.07) is 16.6. The quantitative estimate of drug-likeness (QED) is 0.252. The van der Waals surface area contributed by atoms with Crippen molar-refractivity contribution in [3.05, 3.63) is 87.8 Å². The molecule has 0 aliphatic rings. The number of amides is 1. The summed E-state index contributed by atoms with van der Waals surface area (Å²) < 4.78 is 16.9. The van der Waals surface area contributed by atoms with Crippen molar-refractivity contribution in [3.63, 3.8) is 0 Å². The monoisotopic (exact) mass is 505 g/mol. The number of rotatable bonds is 7. The van der Waals surface area contributed by atoms with E-state index in [4.69, 9.17) is 25.5 Å². The highest BCUT2D eigenvalue weighted by Gasteiger charge is 2.26. The zero-order valence-corrected chi connectivity index (χ0v) is 20.5. The lowest BCUT2D eigenvalue weighted by molar-refractivity contribution is 0.0975. The van der Waals surface area contributed by atoms with Gasteiger partial charge in [0.2, 0.25) is 0 Å². The van der Waals surface area contributed by atoms with Crippen molar-refractivity contribution in [2.45, 2.75) is 6.54 Å². The summed E-state index contributed by atoms with van der Waals surface area (Å²) >= 11 is 7.60. The van der Waals surface area contributed by atoms with Crippen molar-refractivity contribution in [2.24, 2.45) is 0 Å². The number of aromatic nitrogens is 2. The second-order valence-corrected chi connectivity index (χ2v) is 8.84. The number of hydrogen-bond donors (Lipinski definition) is 0. The second kappa shape index (κ2) is 9.77. The summed E-state index contributed by atoms with van der Waals surface area (Å²) in [7, 11) is 3.15. The maximum absolute atomic E-state index is 13.6. The lowest BCUT2D eigenvalue weighted by atomic mass is 10.1. The third-order valence-electron chi connectivity index (χ3n) is 5.48. The molecule has 0 radical (unpaired) electrons. The highest BCUT2D eigenvalue weighted by Crippen LogP contribution is 2.32. The highest BCUT2D eigenvalue weighted by molar-refractivity contribution is 7.08. The molecule has 0 N–H and O–H groups in total. The number of halogens is 1. The summed E-state index contributed by atoms with van der Waals surface area (Å²) in [6.45, 7) is 0.139. The predicted molar refractivity (Wildman–Crippen MR) is 137 cm³/mol. The largest absolute Gasteiger partial charge is 0.497 e. The fourth-order valence-corrected chi connectivity index (χ4v) is 4.44. The summed E-state index contributed by atoms with van der Waals surface area (Å²) in [5.41, 5.74) is 4.30. The molecule has 0 fully saturated rings. The molecule has 0 aliphatic carbocycles. The third kappa shape index (κ3) is 4.71. The van der Waals surface area contributed by atoms with Crippen LogP contribution in [0.1, 0.15) is 16.1 Å². The molecule has 5 rings (SSSR count).